The first-order chi connectivity index (χ1) is 7.34. The molecule has 0 saturated carbocycles. The van der Waals surface area contributed by atoms with Crippen LogP contribution in [0.1, 0.15) is 11.3 Å². The van der Waals surface area contributed by atoms with Gasteiger partial charge >= 0.3 is 12.1 Å². The molecule has 0 bridgehead atoms. The smallest absolute Gasteiger partial charge is 0.418 e. The van der Waals surface area contributed by atoms with Gasteiger partial charge in [-0.05, 0) is 6.07 Å². The molecule has 88 valence electrons. The predicted octanol–water partition coefficient (Wildman–Crippen LogP) is 1.52. The minimum absolute atomic E-state index is 0.475. The van der Waals surface area contributed by atoms with Crippen molar-refractivity contribution in [1.82, 2.24) is 4.98 Å². The van der Waals surface area contributed by atoms with E-state index in [1.165, 1.54) is 0 Å². The number of ether oxygens (including phenoxy) is 1. The Morgan fingerprint density at radius 1 is 1.56 bits per heavy atom. The third-order valence-corrected chi connectivity index (χ3v) is 1.80. The molecule has 1 rings (SSSR count). The van der Waals surface area contributed by atoms with E-state index in [0.717, 1.165) is 13.3 Å². The van der Waals surface area contributed by atoms with Crippen molar-refractivity contribution in [2.24, 2.45) is 0 Å². The molecule has 0 aliphatic carbocycles. The first-order valence-corrected chi connectivity index (χ1v) is 4.16. The second-order valence-corrected chi connectivity index (χ2v) is 2.94. The van der Waals surface area contributed by atoms with Gasteiger partial charge in [0.2, 0.25) is 0 Å². The Morgan fingerprint density at radius 2 is 2.19 bits per heavy atom. The summed E-state index contributed by atoms with van der Waals surface area (Å²) in [5.74, 6) is -1.44. The number of aromatic nitrogens is 1. The number of pyridine rings is 1. The van der Waals surface area contributed by atoms with E-state index in [1.807, 2.05) is 0 Å². The Bertz CT molecular complexity index is 403. The van der Waals surface area contributed by atoms with Crippen LogP contribution in [-0.2, 0) is 22.1 Å². The molecule has 1 N–H and O–H groups in total. The maximum atomic E-state index is 12.5. The lowest BCUT2D eigenvalue weighted by Gasteiger charge is -2.11. The van der Waals surface area contributed by atoms with E-state index in [2.05, 4.69) is 9.72 Å². The number of aromatic hydroxyl groups is 1. The molecule has 0 radical (unpaired) electrons. The van der Waals surface area contributed by atoms with Gasteiger partial charge in [-0.15, -0.1) is 0 Å². The van der Waals surface area contributed by atoms with Crippen LogP contribution in [0.5, 0.6) is 5.75 Å². The molecule has 0 aliphatic rings. The number of methoxy groups -OCH3 is 1. The summed E-state index contributed by atoms with van der Waals surface area (Å²) in [6.45, 7) is 0. The number of hydrogen-bond donors (Lipinski definition) is 1. The lowest BCUT2D eigenvalue weighted by atomic mass is 10.1. The number of alkyl halides is 3. The van der Waals surface area contributed by atoms with Crippen molar-refractivity contribution >= 4 is 5.97 Å². The fourth-order valence-corrected chi connectivity index (χ4v) is 1.08. The number of hydrogen-bond acceptors (Lipinski definition) is 4. The summed E-state index contributed by atoms with van der Waals surface area (Å²) in [4.78, 5) is 14.2. The first-order valence-electron chi connectivity index (χ1n) is 4.16. The normalized spacial score (nSPS) is 11.2. The summed E-state index contributed by atoms with van der Waals surface area (Å²) in [6, 6.07) is 0.519. The maximum Gasteiger partial charge on any atom is 0.418 e. The Balaban J connectivity index is 3.13. The van der Waals surface area contributed by atoms with Crippen molar-refractivity contribution in [2.75, 3.05) is 7.11 Å². The van der Waals surface area contributed by atoms with E-state index in [4.69, 9.17) is 5.11 Å². The van der Waals surface area contributed by atoms with Gasteiger partial charge in [0.15, 0.2) is 0 Å². The molecule has 1 aromatic rings. The molecule has 4 nitrogen and oxygen atoms in total. The molecule has 0 atom stereocenters. The highest BCUT2D eigenvalue weighted by atomic mass is 19.4. The number of rotatable bonds is 2. The Hall–Kier alpha value is -1.79. The molecular weight excluding hydrogens is 227 g/mol. The second kappa shape index (κ2) is 4.38. The van der Waals surface area contributed by atoms with Crippen molar-refractivity contribution in [1.29, 1.82) is 0 Å². The Morgan fingerprint density at radius 3 is 2.69 bits per heavy atom. The van der Waals surface area contributed by atoms with Gasteiger partial charge in [0.25, 0.3) is 0 Å². The molecule has 7 heteroatoms. The molecule has 0 amide bonds. The highest BCUT2D eigenvalue weighted by Gasteiger charge is 2.35. The average molecular weight is 235 g/mol. The SMILES string of the molecule is COC(=O)Cc1ncc(O)cc1C(F)(F)F. The maximum absolute atomic E-state index is 12.5. The third kappa shape index (κ3) is 2.85. The van der Waals surface area contributed by atoms with Crippen molar-refractivity contribution < 1.29 is 27.8 Å². The molecule has 0 fully saturated rings. The van der Waals surface area contributed by atoms with Crippen LogP contribution in [0.25, 0.3) is 0 Å². The van der Waals surface area contributed by atoms with E-state index in [0.29, 0.717) is 6.07 Å². The second-order valence-electron chi connectivity index (χ2n) is 2.94. The molecule has 16 heavy (non-hydrogen) atoms. The molecule has 0 spiro atoms. The molecule has 1 aromatic heterocycles. The summed E-state index contributed by atoms with van der Waals surface area (Å²) in [7, 11) is 1.07. The van der Waals surface area contributed by atoms with Gasteiger partial charge in [-0.25, -0.2) is 0 Å². The molecule has 0 aliphatic heterocycles. The molecule has 0 unspecified atom stereocenters. The quantitative estimate of drug-likeness (QED) is 0.789. The number of halogens is 3. The van der Waals surface area contributed by atoms with Crippen LogP contribution in [0.4, 0.5) is 13.2 Å². The highest BCUT2D eigenvalue weighted by Crippen LogP contribution is 2.33. The van der Waals surface area contributed by atoms with Gasteiger partial charge in [0.05, 0.1) is 31.0 Å². The standard InChI is InChI=1S/C9H8F3NO3/c1-16-8(15)3-7-6(9(10,11)12)2-5(14)4-13-7/h2,4,14H,3H2,1H3. The number of carbonyl (C=O) groups excluding carboxylic acids is 1. The molecule has 1 heterocycles. The van der Waals surface area contributed by atoms with Gasteiger partial charge in [-0.3, -0.25) is 9.78 Å². The van der Waals surface area contributed by atoms with Gasteiger partial charge in [0.1, 0.15) is 5.75 Å². The van der Waals surface area contributed by atoms with Crippen molar-refractivity contribution in [3.8, 4) is 5.75 Å². The number of nitrogens with zero attached hydrogens (tertiary/aromatic N) is 1. The lowest BCUT2D eigenvalue weighted by Crippen LogP contribution is -2.14. The van der Waals surface area contributed by atoms with Crippen molar-refractivity contribution in [2.45, 2.75) is 12.6 Å². The zero-order valence-electron chi connectivity index (χ0n) is 8.21. The minimum Gasteiger partial charge on any atom is -0.506 e. The summed E-state index contributed by atoms with van der Waals surface area (Å²) < 4.78 is 41.7. The summed E-state index contributed by atoms with van der Waals surface area (Å²) in [6.07, 6.45) is -4.42. The fraction of sp³-hybridized carbons (Fsp3) is 0.333. The number of carbonyl (C=O) groups is 1. The Labute approximate surface area is 88.7 Å². The summed E-state index contributed by atoms with van der Waals surface area (Å²) in [5.41, 5.74) is -1.62. The molecule has 0 saturated heterocycles. The summed E-state index contributed by atoms with van der Waals surface area (Å²) in [5, 5.41) is 8.91. The minimum atomic E-state index is -4.67. The first kappa shape index (κ1) is 12.3. The van der Waals surface area contributed by atoms with E-state index < -0.39 is 35.6 Å². The third-order valence-electron chi connectivity index (χ3n) is 1.80. The highest BCUT2D eigenvalue weighted by molar-refractivity contribution is 5.72. The van der Waals surface area contributed by atoms with Gasteiger partial charge in [-0.2, -0.15) is 13.2 Å². The van der Waals surface area contributed by atoms with Gasteiger partial charge in [0, 0.05) is 0 Å². The summed E-state index contributed by atoms with van der Waals surface area (Å²) >= 11 is 0. The van der Waals surface area contributed by atoms with Crippen LogP contribution in [-0.4, -0.2) is 23.2 Å². The predicted molar refractivity (Wildman–Crippen MR) is 46.6 cm³/mol. The van der Waals surface area contributed by atoms with Crippen LogP contribution < -0.4 is 0 Å². The van der Waals surface area contributed by atoms with Gasteiger partial charge < -0.3 is 9.84 Å². The van der Waals surface area contributed by atoms with E-state index in [1.54, 1.807) is 0 Å². The van der Waals surface area contributed by atoms with Gasteiger partial charge in [-0.1, -0.05) is 0 Å². The lowest BCUT2D eigenvalue weighted by molar-refractivity contribution is -0.141. The molecule has 0 aromatic carbocycles. The largest absolute Gasteiger partial charge is 0.506 e. The monoisotopic (exact) mass is 235 g/mol. The van der Waals surface area contributed by atoms with Crippen LogP contribution in [0, 0.1) is 0 Å². The Kier molecular flexibility index (Phi) is 3.36. The van der Waals surface area contributed by atoms with Crippen LogP contribution >= 0.6 is 0 Å². The van der Waals surface area contributed by atoms with Crippen LogP contribution in [0.2, 0.25) is 0 Å². The van der Waals surface area contributed by atoms with Crippen LogP contribution in [0.15, 0.2) is 12.3 Å². The van der Waals surface area contributed by atoms with Crippen LogP contribution in [0.3, 0.4) is 0 Å². The van der Waals surface area contributed by atoms with E-state index in [-0.39, 0.29) is 0 Å². The molecular formula is C9H8F3NO3. The zero-order chi connectivity index (χ0) is 12.3. The fourth-order valence-electron chi connectivity index (χ4n) is 1.08. The zero-order valence-corrected chi connectivity index (χ0v) is 8.21. The van der Waals surface area contributed by atoms with Crippen molar-refractivity contribution in [3.05, 3.63) is 23.5 Å². The van der Waals surface area contributed by atoms with E-state index in [9.17, 15) is 18.0 Å². The van der Waals surface area contributed by atoms with E-state index >= 15 is 0 Å². The topological polar surface area (TPSA) is 59.4 Å². The van der Waals surface area contributed by atoms with Crippen molar-refractivity contribution in [3.63, 3.8) is 0 Å². The average Bonchev–Trinajstić information content (AvgIpc) is 2.19. The number of esters is 1.